The van der Waals surface area contributed by atoms with Gasteiger partial charge in [-0.2, -0.15) is 13.4 Å². The molecule has 0 aromatic heterocycles. The van der Waals surface area contributed by atoms with Gasteiger partial charge in [0.1, 0.15) is 10.6 Å². The molecule has 1 N–H and O–H groups in total. The summed E-state index contributed by atoms with van der Waals surface area (Å²) in [5, 5.41) is 2.99. The molecule has 0 spiro atoms. The van der Waals surface area contributed by atoms with E-state index in [1.807, 2.05) is 0 Å². The number of amides is 2. The van der Waals surface area contributed by atoms with Gasteiger partial charge in [0.25, 0.3) is 5.91 Å². The largest absolute Gasteiger partial charge is 0.378 e. The molecule has 0 fully saturated rings. The van der Waals surface area contributed by atoms with Crippen molar-refractivity contribution in [2.45, 2.75) is 11.8 Å². The van der Waals surface area contributed by atoms with Crippen LogP contribution in [-0.4, -0.2) is 25.4 Å². The summed E-state index contributed by atoms with van der Waals surface area (Å²) in [4.78, 5) is 27.1. The zero-order valence-electron chi connectivity index (χ0n) is 14.7. The summed E-state index contributed by atoms with van der Waals surface area (Å²) < 4.78 is 31.1. The van der Waals surface area contributed by atoms with Gasteiger partial charge < -0.3 is 9.50 Å². The van der Waals surface area contributed by atoms with E-state index in [0.717, 1.165) is 11.8 Å². The van der Waals surface area contributed by atoms with E-state index in [4.69, 9.17) is 15.8 Å². The maximum Gasteiger partial charge on any atom is 0.339 e. The maximum atomic E-state index is 12.6. The molecule has 0 saturated carbocycles. The lowest BCUT2D eigenvalue weighted by Gasteiger charge is -2.10. The van der Waals surface area contributed by atoms with Gasteiger partial charge in [-0.3, -0.25) is 9.59 Å². The Kier molecular flexibility index (Phi) is 6.47. The molecular formula is C18H12BrClN2O5S2. The van der Waals surface area contributed by atoms with Gasteiger partial charge in [0.15, 0.2) is 5.17 Å². The van der Waals surface area contributed by atoms with Crippen molar-refractivity contribution in [3.8, 4) is 5.75 Å². The fourth-order valence-electron chi connectivity index (χ4n) is 2.23. The second-order valence-corrected chi connectivity index (χ2v) is 9.62. The molecule has 1 heterocycles. The predicted octanol–water partition coefficient (Wildman–Crippen LogP) is 3.98. The van der Waals surface area contributed by atoms with E-state index < -0.39 is 16.0 Å². The third kappa shape index (κ3) is 5.47. The Morgan fingerprint density at radius 2 is 1.93 bits per heavy atom. The number of aliphatic imine (C=N–C) groups is 1. The number of benzene rings is 2. The Morgan fingerprint density at radius 1 is 1.24 bits per heavy atom. The van der Waals surface area contributed by atoms with Crippen LogP contribution in [0.1, 0.15) is 12.5 Å². The van der Waals surface area contributed by atoms with E-state index in [9.17, 15) is 18.0 Å². The quantitative estimate of drug-likeness (QED) is 0.488. The minimum atomic E-state index is -4.12. The molecule has 7 nitrogen and oxygen atoms in total. The maximum absolute atomic E-state index is 12.6. The van der Waals surface area contributed by atoms with Crippen molar-refractivity contribution in [3.05, 3.63) is 62.4 Å². The molecule has 0 atom stereocenters. The molecule has 29 heavy (non-hydrogen) atoms. The van der Waals surface area contributed by atoms with Crippen molar-refractivity contribution in [2.24, 2.45) is 4.99 Å². The lowest BCUT2D eigenvalue weighted by Crippen LogP contribution is -2.23. The molecule has 1 aliphatic rings. The molecule has 0 unspecified atom stereocenters. The summed E-state index contributed by atoms with van der Waals surface area (Å²) in [6.07, 6.45) is 1.45. The summed E-state index contributed by atoms with van der Waals surface area (Å²) in [7, 11) is -4.12. The molecule has 0 aliphatic carbocycles. The topological polar surface area (TPSA) is 102 Å². The highest BCUT2D eigenvalue weighted by atomic mass is 79.9. The van der Waals surface area contributed by atoms with Crippen LogP contribution >= 0.6 is 39.3 Å². The first kappa shape index (κ1) is 21.6. The van der Waals surface area contributed by atoms with Gasteiger partial charge in [-0.25, -0.2) is 0 Å². The predicted molar refractivity (Wildman–Crippen MR) is 115 cm³/mol. The van der Waals surface area contributed by atoms with Gasteiger partial charge in [0, 0.05) is 22.0 Å². The Balaban J connectivity index is 1.92. The zero-order valence-corrected chi connectivity index (χ0v) is 18.7. The Labute approximate surface area is 184 Å². The van der Waals surface area contributed by atoms with Crippen molar-refractivity contribution in [3.63, 3.8) is 0 Å². The van der Waals surface area contributed by atoms with Crippen molar-refractivity contribution in [1.29, 1.82) is 0 Å². The minimum Gasteiger partial charge on any atom is -0.378 e. The van der Waals surface area contributed by atoms with Crippen LogP contribution in [-0.2, 0) is 19.7 Å². The van der Waals surface area contributed by atoms with Crippen LogP contribution in [0.25, 0.3) is 6.08 Å². The highest BCUT2D eigenvalue weighted by Crippen LogP contribution is 2.33. The van der Waals surface area contributed by atoms with Gasteiger partial charge in [0.05, 0.1) is 4.91 Å². The Morgan fingerprint density at radius 3 is 2.59 bits per heavy atom. The summed E-state index contributed by atoms with van der Waals surface area (Å²) in [5.74, 6) is -0.881. The van der Waals surface area contributed by atoms with Crippen LogP contribution < -0.4 is 9.50 Å². The molecule has 2 aromatic carbocycles. The van der Waals surface area contributed by atoms with Crippen molar-refractivity contribution < 1.29 is 22.2 Å². The van der Waals surface area contributed by atoms with Crippen molar-refractivity contribution >= 4 is 72.5 Å². The minimum absolute atomic E-state index is 0.0250. The normalized spacial score (nSPS) is 15.3. The summed E-state index contributed by atoms with van der Waals surface area (Å²) in [6, 6.07) is 10.2. The first-order chi connectivity index (χ1) is 13.6. The molecule has 150 valence electrons. The molecule has 3 rings (SSSR count). The van der Waals surface area contributed by atoms with Crippen molar-refractivity contribution in [2.75, 3.05) is 0 Å². The number of carbonyl (C=O) groups excluding carboxylic acids is 2. The smallest absolute Gasteiger partial charge is 0.339 e. The molecular weight excluding hydrogens is 504 g/mol. The number of carbonyl (C=O) groups is 2. The third-order valence-corrected chi connectivity index (χ3v) is 6.36. The van der Waals surface area contributed by atoms with Gasteiger partial charge in [-0.15, -0.1) is 0 Å². The highest BCUT2D eigenvalue weighted by Gasteiger charge is 2.24. The van der Waals surface area contributed by atoms with Crippen LogP contribution in [0.15, 0.2) is 61.7 Å². The number of halogens is 2. The highest BCUT2D eigenvalue weighted by molar-refractivity contribution is 9.10. The van der Waals surface area contributed by atoms with E-state index >= 15 is 0 Å². The van der Waals surface area contributed by atoms with Crippen LogP contribution in [0.2, 0.25) is 5.02 Å². The average Bonchev–Trinajstić information content (AvgIpc) is 2.96. The van der Waals surface area contributed by atoms with Gasteiger partial charge in [0.2, 0.25) is 5.91 Å². The number of rotatable bonds is 4. The second kappa shape index (κ2) is 8.70. The van der Waals surface area contributed by atoms with Gasteiger partial charge in [-0.05, 0) is 60.3 Å². The molecule has 0 radical (unpaired) electrons. The van der Waals surface area contributed by atoms with Crippen LogP contribution in [0, 0.1) is 0 Å². The fraction of sp³-hybridized carbons (Fsp3) is 0.0556. The average molecular weight is 516 g/mol. The Bertz CT molecular complexity index is 1160. The van der Waals surface area contributed by atoms with Gasteiger partial charge in [-0.1, -0.05) is 27.5 Å². The molecule has 2 aromatic rings. The van der Waals surface area contributed by atoms with Gasteiger partial charge >= 0.3 is 10.1 Å². The van der Waals surface area contributed by atoms with Crippen LogP contribution in [0.3, 0.4) is 0 Å². The van der Waals surface area contributed by atoms with Crippen LogP contribution in [0.4, 0.5) is 0 Å². The van der Waals surface area contributed by atoms with E-state index in [2.05, 4.69) is 26.2 Å². The number of thioether (sulfide) groups is 1. The SMILES string of the molecule is CC(=O)NC1=NC(=O)/C(=C\c2cc(Br)ccc2OS(=O)(=O)c2ccc(Cl)cc2)S1. The third-order valence-electron chi connectivity index (χ3n) is 3.46. The van der Waals surface area contributed by atoms with E-state index in [1.165, 1.54) is 43.3 Å². The molecule has 2 amide bonds. The van der Waals surface area contributed by atoms with Crippen LogP contribution in [0.5, 0.6) is 5.75 Å². The number of nitrogens with zero attached hydrogens (tertiary/aromatic N) is 1. The molecule has 1 aliphatic heterocycles. The summed E-state index contributed by atoms with van der Waals surface area (Å²) in [5.41, 5.74) is 0.340. The first-order valence-electron chi connectivity index (χ1n) is 7.94. The standard InChI is InChI=1S/C18H12BrClN2O5S2/c1-10(23)21-18-22-17(24)16(28-18)9-11-8-12(19)2-7-15(11)27-29(25,26)14-5-3-13(20)4-6-14/h2-9H,1H3,(H,21,22,23,24)/b16-9+. The Hall–Kier alpha value is -2.14. The molecule has 0 bridgehead atoms. The van der Waals surface area contributed by atoms with E-state index in [0.29, 0.717) is 15.1 Å². The lowest BCUT2D eigenvalue weighted by atomic mass is 10.2. The number of amidine groups is 1. The molecule has 11 heteroatoms. The lowest BCUT2D eigenvalue weighted by molar-refractivity contribution is -0.117. The second-order valence-electron chi connectivity index (χ2n) is 5.69. The van der Waals surface area contributed by atoms with E-state index in [-0.39, 0.29) is 26.6 Å². The van der Waals surface area contributed by atoms with Crippen molar-refractivity contribution in [1.82, 2.24) is 5.32 Å². The number of hydrogen-bond donors (Lipinski definition) is 1. The number of hydrogen-bond acceptors (Lipinski definition) is 6. The summed E-state index contributed by atoms with van der Waals surface area (Å²) >= 11 is 10.1. The van der Waals surface area contributed by atoms with E-state index in [1.54, 1.807) is 12.1 Å². The molecule has 0 saturated heterocycles. The fourth-order valence-corrected chi connectivity index (χ4v) is 4.54. The first-order valence-corrected chi connectivity index (χ1v) is 11.3. The monoisotopic (exact) mass is 514 g/mol. The summed E-state index contributed by atoms with van der Waals surface area (Å²) in [6.45, 7) is 1.30. The zero-order chi connectivity index (χ0) is 21.2. The number of nitrogens with one attached hydrogen (secondary N) is 1.